The lowest BCUT2D eigenvalue weighted by molar-refractivity contribution is 0.0624. The van der Waals surface area contributed by atoms with Crippen LogP contribution in [0.4, 0.5) is 21.0 Å². The molecule has 0 radical (unpaired) electrons. The van der Waals surface area contributed by atoms with Crippen LogP contribution in [-0.2, 0) is 16.1 Å². The third-order valence-corrected chi connectivity index (χ3v) is 4.62. The predicted molar refractivity (Wildman–Crippen MR) is 136 cm³/mol. The Morgan fingerprint density at radius 3 is 1.74 bits per heavy atom. The first-order valence-electron chi connectivity index (χ1n) is 11.7. The zero-order valence-electron chi connectivity index (χ0n) is 22.1. The standard InChI is InChI=1S/C13H17NO5.C13H15NO5/c2*1-13(2,3)19-12(16)14-9-4-8(6-15)5-10-11(9)18-7-17-10/h4-5,15H,6-7H2,1-3H3,(H,14,16);4-6H,7H2,1-3H3,(H,14,16). The highest BCUT2D eigenvalue weighted by Gasteiger charge is 2.24. The minimum atomic E-state index is -0.617. The number of anilines is 2. The van der Waals surface area contributed by atoms with E-state index < -0.39 is 23.4 Å². The molecule has 12 nitrogen and oxygen atoms in total. The summed E-state index contributed by atoms with van der Waals surface area (Å²) in [5.74, 6) is 1.77. The van der Waals surface area contributed by atoms with Crippen LogP contribution in [0.2, 0.25) is 0 Å². The molecule has 0 saturated carbocycles. The Balaban J connectivity index is 0.000000211. The molecule has 12 heteroatoms. The van der Waals surface area contributed by atoms with Gasteiger partial charge in [-0.2, -0.15) is 0 Å². The van der Waals surface area contributed by atoms with Gasteiger partial charge in [-0.05, 0) is 71.4 Å². The Bertz CT molecular complexity index is 1200. The fourth-order valence-corrected chi connectivity index (χ4v) is 3.27. The summed E-state index contributed by atoms with van der Waals surface area (Å²) in [6.07, 6.45) is -0.532. The van der Waals surface area contributed by atoms with Crippen LogP contribution in [0, 0.1) is 0 Å². The third kappa shape index (κ3) is 7.90. The number of aldehydes is 1. The summed E-state index contributed by atoms with van der Waals surface area (Å²) in [4.78, 5) is 34.3. The van der Waals surface area contributed by atoms with Crippen LogP contribution in [-0.4, -0.2) is 48.4 Å². The maximum absolute atomic E-state index is 11.7. The first-order valence-corrected chi connectivity index (χ1v) is 11.7. The number of hydrogen-bond donors (Lipinski definition) is 3. The maximum Gasteiger partial charge on any atom is 0.412 e. The quantitative estimate of drug-likeness (QED) is 0.467. The van der Waals surface area contributed by atoms with Gasteiger partial charge in [0.2, 0.25) is 13.6 Å². The highest BCUT2D eigenvalue weighted by atomic mass is 16.7. The van der Waals surface area contributed by atoms with Crippen LogP contribution in [0.5, 0.6) is 23.0 Å². The summed E-state index contributed by atoms with van der Waals surface area (Å²) in [5.41, 5.74) is 0.594. The molecule has 0 fully saturated rings. The van der Waals surface area contributed by atoms with E-state index in [-0.39, 0.29) is 20.2 Å². The molecule has 0 aromatic heterocycles. The number of carbonyl (C=O) groups is 3. The van der Waals surface area contributed by atoms with E-state index in [4.69, 9.17) is 28.4 Å². The van der Waals surface area contributed by atoms with E-state index in [2.05, 4.69) is 10.6 Å². The molecule has 38 heavy (non-hydrogen) atoms. The largest absolute Gasteiger partial charge is 0.453 e. The number of aliphatic hydroxyl groups excluding tert-OH is 1. The lowest BCUT2D eigenvalue weighted by atomic mass is 10.2. The van der Waals surface area contributed by atoms with Crippen molar-refractivity contribution in [2.45, 2.75) is 59.4 Å². The van der Waals surface area contributed by atoms with Crippen molar-refractivity contribution in [1.29, 1.82) is 0 Å². The number of aliphatic hydroxyl groups is 1. The molecule has 2 aromatic rings. The molecule has 2 aliphatic rings. The van der Waals surface area contributed by atoms with Crippen LogP contribution in [0.3, 0.4) is 0 Å². The number of nitrogens with one attached hydrogen (secondary N) is 2. The van der Waals surface area contributed by atoms with Gasteiger partial charge in [-0.15, -0.1) is 0 Å². The summed E-state index contributed by atoms with van der Waals surface area (Å²) in [5, 5.41) is 14.3. The van der Waals surface area contributed by atoms with Crippen LogP contribution in [0.1, 0.15) is 57.5 Å². The highest BCUT2D eigenvalue weighted by Crippen LogP contribution is 2.41. The zero-order chi connectivity index (χ0) is 28.1. The summed E-state index contributed by atoms with van der Waals surface area (Å²) in [6.45, 7) is 10.6. The smallest absolute Gasteiger partial charge is 0.412 e. The Hall–Kier alpha value is -4.19. The summed E-state index contributed by atoms with van der Waals surface area (Å²) >= 11 is 0. The maximum atomic E-state index is 11.7. The van der Waals surface area contributed by atoms with Crippen molar-refractivity contribution in [1.82, 2.24) is 0 Å². The van der Waals surface area contributed by atoms with Gasteiger partial charge in [0.05, 0.1) is 18.0 Å². The molecule has 2 aliphatic heterocycles. The number of rotatable bonds is 4. The Kier molecular flexibility index (Phi) is 8.56. The number of ether oxygens (including phenoxy) is 6. The number of fused-ring (bicyclic) bond motifs is 2. The van der Waals surface area contributed by atoms with E-state index in [1.807, 2.05) is 0 Å². The molecule has 0 aliphatic carbocycles. The molecule has 0 atom stereocenters. The minimum absolute atomic E-state index is 0.0562. The molecule has 0 unspecified atom stereocenters. The van der Waals surface area contributed by atoms with Gasteiger partial charge in [-0.25, -0.2) is 9.59 Å². The van der Waals surface area contributed by atoms with Crippen molar-refractivity contribution in [3.8, 4) is 23.0 Å². The van der Waals surface area contributed by atoms with Gasteiger partial charge in [0.1, 0.15) is 17.5 Å². The molecule has 0 saturated heterocycles. The second-order valence-electron chi connectivity index (χ2n) is 10.2. The SMILES string of the molecule is CC(C)(C)OC(=O)Nc1cc(C=O)cc2c1OCO2.CC(C)(C)OC(=O)Nc1cc(CO)cc2c1OCO2. The Morgan fingerprint density at radius 2 is 1.29 bits per heavy atom. The summed E-state index contributed by atoms with van der Waals surface area (Å²) in [7, 11) is 0. The van der Waals surface area contributed by atoms with Gasteiger partial charge in [0.25, 0.3) is 0 Å². The molecular formula is C26H32N2O10. The fraction of sp³-hybridized carbons (Fsp3) is 0.423. The van der Waals surface area contributed by atoms with E-state index >= 15 is 0 Å². The normalized spacial score (nSPS) is 13.1. The van der Waals surface area contributed by atoms with E-state index in [0.717, 1.165) is 0 Å². The van der Waals surface area contributed by atoms with Crippen molar-refractivity contribution in [2.75, 3.05) is 24.2 Å². The number of hydrogen-bond acceptors (Lipinski definition) is 10. The average molecular weight is 533 g/mol. The van der Waals surface area contributed by atoms with Gasteiger partial charge in [-0.1, -0.05) is 0 Å². The molecule has 2 amide bonds. The van der Waals surface area contributed by atoms with Gasteiger partial charge in [0, 0.05) is 5.56 Å². The molecule has 2 heterocycles. The first-order chi connectivity index (χ1) is 17.8. The predicted octanol–water partition coefficient (Wildman–Crippen LogP) is 4.83. The molecule has 3 N–H and O–H groups in total. The van der Waals surface area contributed by atoms with Gasteiger partial charge >= 0.3 is 12.2 Å². The monoisotopic (exact) mass is 532 g/mol. The van der Waals surface area contributed by atoms with Gasteiger partial charge in [0.15, 0.2) is 23.0 Å². The molecule has 4 rings (SSSR count). The van der Waals surface area contributed by atoms with E-state index in [9.17, 15) is 19.5 Å². The number of amides is 2. The average Bonchev–Trinajstić information content (AvgIpc) is 3.46. The molecule has 0 bridgehead atoms. The fourth-order valence-electron chi connectivity index (χ4n) is 3.27. The van der Waals surface area contributed by atoms with E-state index in [1.54, 1.807) is 59.7 Å². The minimum Gasteiger partial charge on any atom is -0.453 e. The molecule has 2 aromatic carbocycles. The summed E-state index contributed by atoms with van der Waals surface area (Å²) < 4.78 is 31.3. The van der Waals surface area contributed by atoms with Crippen LogP contribution >= 0.6 is 0 Å². The van der Waals surface area contributed by atoms with Gasteiger partial charge in [-0.3, -0.25) is 15.4 Å². The van der Waals surface area contributed by atoms with Gasteiger partial charge < -0.3 is 33.5 Å². The van der Waals surface area contributed by atoms with Crippen molar-refractivity contribution in [2.24, 2.45) is 0 Å². The van der Waals surface area contributed by atoms with Crippen LogP contribution < -0.4 is 29.6 Å². The lowest BCUT2D eigenvalue weighted by Gasteiger charge is -2.20. The first kappa shape index (κ1) is 28.4. The van der Waals surface area contributed by atoms with Crippen LogP contribution in [0.25, 0.3) is 0 Å². The van der Waals surface area contributed by atoms with Crippen molar-refractivity contribution >= 4 is 29.8 Å². The third-order valence-electron chi connectivity index (χ3n) is 4.62. The number of carbonyl (C=O) groups excluding carboxylic acids is 3. The molecule has 206 valence electrons. The Morgan fingerprint density at radius 1 is 0.816 bits per heavy atom. The van der Waals surface area contributed by atoms with Crippen molar-refractivity contribution < 1.29 is 47.9 Å². The lowest BCUT2D eigenvalue weighted by Crippen LogP contribution is -2.27. The Labute approximate surface area is 220 Å². The molecule has 0 spiro atoms. The zero-order valence-corrected chi connectivity index (χ0v) is 22.1. The topological polar surface area (TPSA) is 151 Å². The van der Waals surface area contributed by atoms with E-state index in [0.29, 0.717) is 51.8 Å². The second kappa shape index (κ2) is 11.5. The summed E-state index contributed by atoms with van der Waals surface area (Å²) in [6, 6.07) is 6.35. The second-order valence-corrected chi connectivity index (χ2v) is 10.2. The molecular weight excluding hydrogens is 500 g/mol. The van der Waals surface area contributed by atoms with Crippen LogP contribution in [0.15, 0.2) is 24.3 Å². The van der Waals surface area contributed by atoms with Crippen molar-refractivity contribution in [3.05, 3.63) is 35.4 Å². The highest BCUT2D eigenvalue weighted by molar-refractivity contribution is 5.91. The van der Waals surface area contributed by atoms with E-state index in [1.165, 1.54) is 6.07 Å². The number of benzene rings is 2. The van der Waals surface area contributed by atoms with Crippen molar-refractivity contribution in [3.63, 3.8) is 0 Å².